The molecular weight excluding hydrogens is 332 g/mol. The Hall–Kier alpha value is -2.00. The summed E-state index contributed by atoms with van der Waals surface area (Å²) < 4.78 is 0. The molecule has 0 spiro atoms. The molecule has 4 heteroatoms. The fourth-order valence-corrected chi connectivity index (χ4v) is 3.48. The second-order valence-corrected chi connectivity index (χ2v) is 6.96. The molecule has 1 saturated heterocycles. The van der Waals surface area contributed by atoms with Crippen LogP contribution in [0.2, 0.25) is 5.02 Å². The summed E-state index contributed by atoms with van der Waals surface area (Å²) in [5, 5.41) is 3.44. The summed E-state index contributed by atoms with van der Waals surface area (Å²) in [5.41, 5.74) is 3.18. The number of anilines is 1. The lowest BCUT2D eigenvalue weighted by molar-refractivity contribution is 0.0953. The Morgan fingerprint density at radius 1 is 1.00 bits per heavy atom. The first-order valence-corrected chi connectivity index (χ1v) is 9.48. The van der Waals surface area contributed by atoms with Crippen molar-refractivity contribution in [3.63, 3.8) is 0 Å². The van der Waals surface area contributed by atoms with E-state index in [1.165, 1.54) is 43.6 Å². The minimum Gasteiger partial charge on any atom is -0.372 e. The zero-order valence-corrected chi connectivity index (χ0v) is 15.3. The standard InChI is InChI=1S/C21H25ClN2O/c22-20-9-3-2-8-19(20)21(25)23-14-6-7-17-10-12-18(13-11-17)24-15-4-1-5-16-24/h2-3,8-13H,1,4-7,14-16H2,(H,23,25). The fourth-order valence-electron chi connectivity index (χ4n) is 3.26. The van der Waals surface area contributed by atoms with Crippen LogP contribution in [0.15, 0.2) is 48.5 Å². The summed E-state index contributed by atoms with van der Waals surface area (Å²) in [4.78, 5) is 14.6. The van der Waals surface area contributed by atoms with E-state index in [4.69, 9.17) is 11.6 Å². The van der Waals surface area contributed by atoms with Crippen LogP contribution >= 0.6 is 11.6 Å². The van der Waals surface area contributed by atoms with Crippen LogP contribution in [-0.4, -0.2) is 25.5 Å². The molecule has 1 heterocycles. The topological polar surface area (TPSA) is 32.3 Å². The van der Waals surface area contributed by atoms with Gasteiger partial charge in [-0.2, -0.15) is 0 Å². The van der Waals surface area contributed by atoms with Crippen molar-refractivity contribution < 1.29 is 4.79 Å². The van der Waals surface area contributed by atoms with Crippen molar-refractivity contribution in [2.45, 2.75) is 32.1 Å². The number of piperidine rings is 1. The molecule has 1 aliphatic rings. The van der Waals surface area contributed by atoms with Gasteiger partial charge in [-0.15, -0.1) is 0 Å². The van der Waals surface area contributed by atoms with E-state index in [9.17, 15) is 4.79 Å². The zero-order chi connectivity index (χ0) is 17.5. The van der Waals surface area contributed by atoms with Crippen LogP contribution in [0.5, 0.6) is 0 Å². The van der Waals surface area contributed by atoms with Crippen LogP contribution in [0.25, 0.3) is 0 Å². The second-order valence-electron chi connectivity index (χ2n) is 6.55. The summed E-state index contributed by atoms with van der Waals surface area (Å²) in [5.74, 6) is -0.106. The predicted octanol–water partition coefficient (Wildman–Crippen LogP) is 4.69. The van der Waals surface area contributed by atoms with Gasteiger partial charge in [-0.05, 0) is 61.9 Å². The fraction of sp³-hybridized carbons (Fsp3) is 0.381. The van der Waals surface area contributed by atoms with E-state index >= 15 is 0 Å². The monoisotopic (exact) mass is 356 g/mol. The molecule has 132 valence electrons. The van der Waals surface area contributed by atoms with Gasteiger partial charge in [-0.1, -0.05) is 35.9 Å². The zero-order valence-electron chi connectivity index (χ0n) is 14.5. The summed E-state index contributed by atoms with van der Waals surface area (Å²) in [6.07, 6.45) is 5.83. The second kappa shape index (κ2) is 8.91. The Morgan fingerprint density at radius 2 is 1.72 bits per heavy atom. The maximum absolute atomic E-state index is 12.1. The molecule has 3 nitrogen and oxygen atoms in total. The number of carbonyl (C=O) groups excluding carboxylic acids is 1. The first-order chi connectivity index (χ1) is 12.2. The van der Waals surface area contributed by atoms with Gasteiger partial charge in [0.2, 0.25) is 0 Å². The number of carbonyl (C=O) groups is 1. The van der Waals surface area contributed by atoms with Crippen molar-refractivity contribution in [3.05, 3.63) is 64.7 Å². The Balaban J connectivity index is 1.43. The number of hydrogen-bond donors (Lipinski definition) is 1. The van der Waals surface area contributed by atoms with Crippen LogP contribution in [0.3, 0.4) is 0 Å². The summed E-state index contributed by atoms with van der Waals surface area (Å²) >= 11 is 6.04. The largest absolute Gasteiger partial charge is 0.372 e. The SMILES string of the molecule is O=C(NCCCc1ccc(N2CCCCC2)cc1)c1ccccc1Cl. The van der Waals surface area contributed by atoms with Gasteiger partial charge in [0.15, 0.2) is 0 Å². The molecule has 2 aromatic rings. The number of benzene rings is 2. The predicted molar refractivity (Wildman–Crippen MR) is 105 cm³/mol. The highest BCUT2D eigenvalue weighted by Crippen LogP contribution is 2.20. The lowest BCUT2D eigenvalue weighted by atomic mass is 10.1. The highest BCUT2D eigenvalue weighted by Gasteiger charge is 2.11. The van der Waals surface area contributed by atoms with Gasteiger partial charge in [0.1, 0.15) is 0 Å². The van der Waals surface area contributed by atoms with Gasteiger partial charge >= 0.3 is 0 Å². The van der Waals surface area contributed by atoms with Crippen LogP contribution in [-0.2, 0) is 6.42 Å². The lowest BCUT2D eigenvalue weighted by Gasteiger charge is -2.28. The average molecular weight is 357 g/mol. The van der Waals surface area contributed by atoms with E-state index in [2.05, 4.69) is 34.5 Å². The summed E-state index contributed by atoms with van der Waals surface area (Å²) in [6, 6.07) is 16.0. The van der Waals surface area contributed by atoms with E-state index in [1.54, 1.807) is 12.1 Å². The van der Waals surface area contributed by atoms with Gasteiger partial charge in [0.25, 0.3) is 5.91 Å². The molecule has 0 saturated carbocycles. The van der Waals surface area contributed by atoms with Gasteiger partial charge < -0.3 is 10.2 Å². The molecule has 0 atom stereocenters. The molecule has 0 aromatic heterocycles. The van der Waals surface area contributed by atoms with Gasteiger partial charge in [-0.25, -0.2) is 0 Å². The van der Waals surface area contributed by atoms with Gasteiger partial charge in [0, 0.05) is 25.3 Å². The highest BCUT2D eigenvalue weighted by molar-refractivity contribution is 6.33. The first kappa shape index (κ1) is 17.8. The van der Waals surface area contributed by atoms with Crippen molar-refractivity contribution in [2.75, 3.05) is 24.5 Å². The molecule has 2 aromatic carbocycles. The van der Waals surface area contributed by atoms with Crippen molar-refractivity contribution in [1.29, 1.82) is 0 Å². The van der Waals surface area contributed by atoms with E-state index < -0.39 is 0 Å². The molecule has 25 heavy (non-hydrogen) atoms. The van der Waals surface area contributed by atoms with E-state index in [0.717, 1.165) is 12.8 Å². The number of nitrogens with one attached hydrogen (secondary N) is 1. The number of aryl methyl sites for hydroxylation is 1. The Morgan fingerprint density at radius 3 is 2.44 bits per heavy atom. The minimum absolute atomic E-state index is 0.106. The van der Waals surface area contributed by atoms with Gasteiger partial charge in [-0.3, -0.25) is 4.79 Å². The van der Waals surface area contributed by atoms with Crippen LogP contribution in [0.4, 0.5) is 5.69 Å². The molecular formula is C21H25ClN2O. The molecule has 1 fully saturated rings. The Kier molecular flexibility index (Phi) is 6.35. The number of nitrogens with zero attached hydrogens (tertiary/aromatic N) is 1. The smallest absolute Gasteiger partial charge is 0.252 e. The van der Waals surface area contributed by atoms with Gasteiger partial charge in [0.05, 0.1) is 10.6 Å². The Labute approximate surface area is 155 Å². The molecule has 3 rings (SSSR count). The maximum Gasteiger partial charge on any atom is 0.252 e. The minimum atomic E-state index is -0.106. The molecule has 1 amide bonds. The van der Waals surface area contributed by atoms with Crippen LogP contribution in [0.1, 0.15) is 41.6 Å². The number of rotatable bonds is 6. The molecule has 0 radical (unpaired) electrons. The summed E-state index contributed by atoms with van der Waals surface area (Å²) in [6.45, 7) is 3.00. The van der Waals surface area contributed by atoms with Crippen LogP contribution < -0.4 is 10.2 Å². The van der Waals surface area contributed by atoms with E-state index in [-0.39, 0.29) is 5.91 Å². The quantitative estimate of drug-likeness (QED) is 0.761. The van der Waals surface area contributed by atoms with Crippen molar-refractivity contribution in [1.82, 2.24) is 5.32 Å². The van der Waals surface area contributed by atoms with E-state index in [0.29, 0.717) is 17.1 Å². The average Bonchev–Trinajstić information content (AvgIpc) is 2.66. The molecule has 0 bridgehead atoms. The molecule has 0 aliphatic carbocycles. The van der Waals surface area contributed by atoms with Crippen LogP contribution in [0, 0.1) is 0 Å². The Bertz CT molecular complexity index is 693. The molecule has 1 aliphatic heterocycles. The third-order valence-electron chi connectivity index (χ3n) is 4.70. The first-order valence-electron chi connectivity index (χ1n) is 9.10. The number of amides is 1. The lowest BCUT2D eigenvalue weighted by Crippen LogP contribution is -2.29. The molecule has 1 N–H and O–H groups in total. The van der Waals surface area contributed by atoms with Crippen molar-refractivity contribution in [2.24, 2.45) is 0 Å². The normalized spacial score (nSPS) is 14.4. The third kappa shape index (κ3) is 4.99. The third-order valence-corrected chi connectivity index (χ3v) is 5.03. The van der Waals surface area contributed by atoms with Crippen molar-refractivity contribution >= 4 is 23.2 Å². The highest BCUT2D eigenvalue weighted by atomic mass is 35.5. The number of hydrogen-bond acceptors (Lipinski definition) is 2. The van der Waals surface area contributed by atoms with E-state index in [1.807, 2.05) is 12.1 Å². The number of halogens is 1. The maximum atomic E-state index is 12.1. The van der Waals surface area contributed by atoms with Crippen molar-refractivity contribution in [3.8, 4) is 0 Å². The molecule has 0 unspecified atom stereocenters. The summed E-state index contributed by atoms with van der Waals surface area (Å²) in [7, 11) is 0.